The molecule has 0 saturated heterocycles. The van der Waals surface area contributed by atoms with E-state index in [1.807, 2.05) is 56.3 Å². The first-order chi connectivity index (χ1) is 13.6. The zero-order valence-electron chi connectivity index (χ0n) is 15.9. The summed E-state index contributed by atoms with van der Waals surface area (Å²) < 4.78 is 6.99. The number of likely N-dealkylation sites (N-methyl/N-ethyl adjacent to an activating group) is 1. The number of nitrogens with zero attached hydrogens (tertiary/aromatic N) is 3. The van der Waals surface area contributed by atoms with Crippen LogP contribution in [0.3, 0.4) is 0 Å². The maximum absolute atomic E-state index is 12.9. The van der Waals surface area contributed by atoms with E-state index in [-0.39, 0.29) is 12.5 Å². The van der Waals surface area contributed by atoms with Crippen LogP contribution in [0.15, 0.2) is 63.9 Å². The summed E-state index contributed by atoms with van der Waals surface area (Å²) in [6, 6.07) is 15.5. The maximum Gasteiger partial charge on any atom is 0.347 e. The molecule has 6 nitrogen and oxygen atoms in total. The largest absolute Gasteiger partial charge is 0.422 e. The van der Waals surface area contributed by atoms with Crippen molar-refractivity contribution in [1.29, 1.82) is 0 Å². The quantitative estimate of drug-likeness (QED) is 0.501. The Hall–Kier alpha value is -3.41. The molecule has 2 aromatic heterocycles. The normalized spacial score (nSPS) is 11.2. The molecule has 4 aromatic rings. The Morgan fingerprint density at radius 3 is 2.68 bits per heavy atom. The summed E-state index contributed by atoms with van der Waals surface area (Å²) in [6.07, 6.45) is 1.48. The number of hydrogen-bond donors (Lipinski definition) is 0. The van der Waals surface area contributed by atoms with Crippen molar-refractivity contribution in [3.63, 3.8) is 0 Å². The number of rotatable bonds is 5. The van der Waals surface area contributed by atoms with Crippen LogP contribution < -0.4 is 5.63 Å². The number of hydrogen-bond acceptors (Lipinski definition) is 4. The fourth-order valence-electron chi connectivity index (χ4n) is 3.42. The van der Waals surface area contributed by atoms with Crippen LogP contribution in [-0.2, 0) is 17.9 Å². The number of amides is 1. The Morgan fingerprint density at radius 2 is 1.93 bits per heavy atom. The third kappa shape index (κ3) is 3.29. The SMILES string of the molecule is CCN(Cc1ccccc1)C(=O)Cn1ncc2c(=O)oc3ccc(C)cc3c21. The summed E-state index contributed by atoms with van der Waals surface area (Å²) in [5.74, 6) is -0.0506. The number of carbonyl (C=O) groups is 1. The van der Waals surface area contributed by atoms with Crippen molar-refractivity contribution in [2.75, 3.05) is 6.54 Å². The lowest BCUT2D eigenvalue weighted by Crippen LogP contribution is -2.33. The lowest BCUT2D eigenvalue weighted by molar-refractivity contribution is -0.132. The van der Waals surface area contributed by atoms with Gasteiger partial charge in [-0.1, -0.05) is 42.0 Å². The first kappa shape index (κ1) is 18.0. The first-order valence-corrected chi connectivity index (χ1v) is 9.27. The lowest BCUT2D eigenvalue weighted by Gasteiger charge is -2.21. The minimum atomic E-state index is -0.443. The van der Waals surface area contributed by atoms with E-state index in [1.165, 1.54) is 6.20 Å². The summed E-state index contributed by atoms with van der Waals surface area (Å²) in [6.45, 7) is 5.12. The van der Waals surface area contributed by atoms with E-state index in [0.29, 0.717) is 29.6 Å². The van der Waals surface area contributed by atoms with Gasteiger partial charge in [0.25, 0.3) is 0 Å². The van der Waals surface area contributed by atoms with Gasteiger partial charge in [-0.2, -0.15) is 5.10 Å². The zero-order valence-corrected chi connectivity index (χ0v) is 15.9. The molecule has 142 valence electrons. The molecule has 0 radical (unpaired) electrons. The molecule has 0 atom stereocenters. The van der Waals surface area contributed by atoms with Crippen molar-refractivity contribution >= 4 is 27.8 Å². The molecule has 4 rings (SSSR count). The van der Waals surface area contributed by atoms with Gasteiger partial charge in [0.1, 0.15) is 17.5 Å². The van der Waals surface area contributed by atoms with Crippen molar-refractivity contribution in [2.24, 2.45) is 0 Å². The maximum atomic E-state index is 12.9. The highest BCUT2D eigenvalue weighted by Crippen LogP contribution is 2.24. The molecule has 6 heteroatoms. The lowest BCUT2D eigenvalue weighted by atomic mass is 10.1. The summed E-state index contributed by atoms with van der Waals surface area (Å²) in [4.78, 5) is 27.0. The van der Waals surface area contributed by atoms with Crippen molar-refractivity contribution in [3.8, 4) is 0 Å². The average molecular weight is 375 g/mol. The molecule has 0 bridgehead atoms. The standard InChI is InChI=1S/C22H21N3O3/c1-3-24(13-16-7-5-4-6-8-16)20(26)14-25-21-17-11-15(2)9-10-19(17)28-22(27)18(21)12-23-25/h4-12H,3,13-14H2,1-2H3. The number of carbonyl (C=O) groups excluding carboxylic acids is 1. The van der Waals surface area contributed by atoms with Crippen molar-refractivity contribution in [1.82, 2.24) is 14.7 Å². The predicted octanol–water partition coefficient (Wildman–Crippen LogP) is 3.50. The minimum Gasteiger partial charge on any atom is -0.422 e. The third-order valence-electron chi connectivity index (χ3n) is 4.89. The topological polar surface area (TPSA) is 68.3 Å². The molecule has 0 unspecified atom stereocenters. The molecule has 2 heterocycles. The Balaban J connectivity index is 1.71. The number of benzene rings is 2. The summed E-state index contributed by atoms with van der Waals surface area (Å²) in [5, 5.41) is 5.48. The summed E-state index contributed by atoms with van der Waals surface area (Å²) in [5.41, 5.74) is 2.81. The smallest absolute Gasteiger partial charge is 0.347 e. The van der Waals surface area contributed by atoms with Crippen LogP contribution in [0, 0.1) is 6.92 Å². The Labute approximate surface area is 162 Å². The van der Waals surface area contributed by atoms with Crippen LogP contribution in [0.2, 0.25) is 0 Å². The number of aromatic nitrogens is 2. The van der Waals surface area contributed by atoms with E-state index < -0.39 is 5.63 Å². The van der Waals surface area contributed by atoms with Gasteiger partial charge in [-0.3, -0.25) is 9.48 Å². The van der Waals surface area contributed by atoms with Gasteiger partial charge in [-0.05, 0) is 31.5 Å². The molecule has 0 aliphatic carbocycles. The van der Waals surface area contributed by atoms with Gasteiger partial charge in [0.2, 0.25) is 5.91 Å². The highest BCUT2D eigenvalue weighted by Gasteiger charge is 2.18. The zero-order chi connectivity index (χ0) is 19.7. The predicted molar refractivity (Wildman–Crippen MR) is 108 cm³/mol. The van der Waals surface area contributed by atoms with Gasteiger partial charge in [-0.15, -0.1) is 0 Å². The van der Waals surface area contributed by atoms with Crippen LogP contribution in [0.4, 0.5) is 0 Å². The van der Waals surface area contributed by atoms with E-state index in [9.17, 15) is 9.59 Å². The minimum absolute atomic E-state index is 0.0506. The number of aryl methyl sites for hydroxylation is 1. The summed E-state index contributed by atoms with van der Waals surface area (Å²) >= 11 is 0. The highest BCUT2D eigenvalue weighted by atomic mass is 16.4. The molecule has 1 amide bonds. The fraction of sp³-hybridized carbons (Fsp3) is 0.227. The van der Waals surface area contributed by atoms with E-state index in [4.69, 9.17) is 4.42 Å². The molecule has 0 fully saturated rings. The Bertz CT molecular complexity index is 1210. The van der Waals surface area contributed by atoms with Crippen LogP contribution in [0.5, 0.6) is 0 Å². The van der Waals surface area contributed by atoms with Crippen LogP contribution in [0.25, 0.3) is 21.9 Å². The molecule has 28 heavy (non-hydrogen) atoms. The molecule has 0 aliphatic rings. The van der Waals surface area contributed by atoms with Crippen molar-refractivity contribution < 1.29 is 9.21 Å². The monoisotopic (exact) mass is 375 g/mol. The molecule has 0 N–H and O–H groups in total. The van der Waals surface area contributed by atoms with E-state index in [1.54, 1.807) is 15.6 Å². The molecular formula is C22H21N3O3. The van der Waals surface area contributed by atoms with E-state index >= 15 is 0 Å². The van der Waals surface area contributed by atoms with Crippen LogP contribution in [-0.4, -0.2) is 27.1 Å². The number of fused-ring (bicyclic) bond motifs is 3. The molecule has 2 aromatic carbocycles. The molecule has 0 aliphatic heterocycles. The van der Waals surface area contributed by atoms with Crippen LogP contribution >= 0.6 is 0 Å². The second-order valence-electron chi connectivity index (χ2n) is 6.85. The average Bonchev–Trinajstić information content (AvgIpc) is 3.12. The van der Waals surface area contributed by atoms with Crippen molar-refractivity contribution in [2.45, 2.75) is 26.9 Å². The van der Waals surface area contributed by atoms with Gasteiger partial charge >= 0.3 is 5.63 Å². The second-order valence-corrected chi connectivity index (χ2v) is 6.85. The first-order valence-electron chi connectivity index (χ1n) is 9.27. The van der Waals surface area contributed by atoms with Gasteiger partial charge < -0.3 is 9.32 Å². The molecule has 0 spiro atoms. The van der Waals surface area contributed by atoms with Gasteiger partial charge in [0.05, 0.1) is 11.7 Å². The van der Waals surface area contributed by atoms with E-state index in [2.05, 4.69) is 5.10 Å². The van der Waals surface area contributed by atoms with Gasteiger partial charge in [0.15, 0.2) is 0 Å². The van der Waals surface area contributed by atoms with Gasteiger partial charge in [0, 0.05) is 18.5 Å². The highest BCUT2D eigenvalue weighted by molar-refractivity contribution is 6.02. The third-order valence-corrected chi connectivity index (χ3v) is 4.89. The Kier molecular flexibility index (Phi) is 4.69. The molecule has 0 saturated carbocycles. The van der Waals surface area contributed by atoms with Gasteiger partial charge in [-0.25, -0.2) is 4.79 Å². The van der Waals surface area contributed by atoms with Crippen molar-refractivity contribution in [3.05, 3.63) is 76.3 Å². The van der Waals surface area contributed by atoms with E-state index in [0.717, 1.165) is 16.5 Å². The second kappa shape index (κ2) is 7.31. The van der Waals surface area contributed by atoms with Crippen LogP contribution in [0.1, 0.15) is 18.1 Å². The fourth-order valence-corrected chi connectivity index (χ4v) is 3.42. The summed E-state index contributed by atoms with van der Waals surface area (Å²) in [7, 11) is 0. The Morgan fingerprint density at radius 1 is 1.14 bits per heavy atom. The molecular weight excluding hydrogens is 354 g/mol.